The fourth-order valence-corrected chi connectivity index (χ4v) is 3.46. The molecule has 0 aromatic carbocycles. The fraction of sp³-hybridized carbons (Fsp3) is 1.00. The molecular weight excluding hydrogens is 251 g/mol. The molecule has 1 unspecified atom stereocenters. The van der Waals surface area contributed by atoms with Crippen molar-refractivity contribution in [2.24, 2.45) is 0 Å². The zero-order valence-electron chi connectivity index (χ0n) is 9.06. The van der Waals surface area contributed by atoms with Crippen molar-refractivity contribution in [1.82, 2.24) is 0 Å². The van der Waals surface area contributed by atoms with Gasteiger partial charge in [0, 0.05) is 0 Å². The van der Waals surface area contributed by atoms with Crippen molar-refractivity contribution in [3.05, 3.63) is 0 Å². The van der Waals surface area contributed by atoms with Gasteiger partial charge in [-0.3, -0.25) is 0 Å². The number of methoxy groups -OCH3 is 3. The Balaban J connectivity index is 3.67. The standard InChI is InChI=1S/C9H20O4Se/c1-11-5-9(6-12-2)14-7-8(4-10)13-3/h8-10H,4-7H2,1-3H3. The Kier molecular flexibility index (Phi) is 10.2. The number of rotatable bonds is 9. The van der Waals surface area contributed by atoms with Crippen molar-refractivity contribution in [1.29, 1.82) is 0 Å². The molecule has 14 heavy (non-hydrogen) atoms. The van der Waals surface area contributed by atoms with Crippen LogP contribution in [0.4, 0.5) is 0 Å². The summed E-state index contributed by atoms with van der Waals surface area (Å²) in [5.41, 5.74) is 0. The van der Waals surface area contributed by atoms with E-state index in [0.717, 1.165) is 18.5 Å². The Morgan fingerprint density at radius 1 is 1.14 bits per heavy atom. The first-order valence-corrected chi connectivity index (χ1v) is 6.71. The van der Waals surface area contributed by atoms with Gasteiger partial charge in [-0.15, -0.1) is 0 Å². The molecule has 0 bridgehead atoms. The van der Waals surface area contributed by atoms with Crippen molar-refractivity contribution in [3.63, 3.8) is 0 Å². The Morgan fingerprint density at radius 2 is 1.71 bits per heavy atom. The van der Waals surface area contributed by atoms with Gasteiger partial charge in [0.1, 0.15) is 0 Å². The van der Waals surface area contributed by atoms with E-state index in [9.17, 15) is 0 Å². The van der Waals surface area contributed by atoms with Crippen LogP contribution in [-0.2, 0) is 14.2 Å². The van der Waals surface area contributed by atoms with Crippen LogP contribution in [-0.4, -0.2) is 67.3 Å². The molecule has 0 saturated carbocycles. The summed E-state index contributed by atoms with van der Waals surface area (Å²) in [5, 5.41) is 9.82. The third-order valence-electron chi connectivity index (χ3n) is 1.76. The van der Waals surface area contributed by atoms with Gasteiger partial charge in [-0.1, -0.05) is 0 Å². The van der Waals surface area contributed by atoms with Crippen molar-refractivity contribution < 1.29 is 19.3 Å². The van der Waals surface area contributed by atoms with E-state index in [0.29, 0.717) is 19.8 Å². The van der Waals surface area contributed by atoms with Crippen molar-refractivity contribution >= 4 is 15.0 Å². The Hall–Kier alpha value is 0.359. The predicted octanol–water partition coefficient (Wildman–Crippen LogP) is 0.198. The first-order valence-electron chi connectivity index (χ1n) is 4.51. The van der Waals surface area contributed by atoms with Gasteiger partial charge in [-0.05, 0) is 0 Å². The van der Waals surface area contributed by atoms with Crippen molar-refractivity contribution in [3.8, 4) is 0 Å². The summed E-state index contributed by atoms with van der Waals surface area (Å²) in [6.07, 6.45) is -0.0359. The Bertz CT molecular complexity index is 113. The van der Waals surface area contributed by atoms with Gasteiger partial charge in [-0.2, -0.15) is 0 Å². The molecule has 4 nitrogen and oxygen atoms in total. The molecule has 86 valence electrons. The summed E-state index contributed by atoms with van der Waals surface area (Å²) < 4.78 is 15.3. The van der Waals surface area contributed by atoms with Crippen LogP contribution in [0.2, 0.25) is 10.1 Å². The van der Waals surface area contributed by atoms with Gasteiger partial charge in [0.15, 0.2) is 0 Å². The van der Waals surface area contributed by atoms with Crippen LogP contribution in [0.15, 0.2) is 0 Å². The van der Waals surface area contributed by atoms with E-state index in [1.54, 1.807) is 21.3 Å². The summed E-state index contributed by atoms with van der Waals surface area (Å²) in [6.45, 7) is 1.52. The molecule has 1 atom stereocenters. The van der Waals surface area contributed by atoms with Crippen LogP contribution in [0.5, 0.6) is 0 Å². The fourth-order valence-electron chi connectivity index (χ4n) is 0.955. The van der Waals surface area contributed by atoms with E-state index in [1.807, 2.05) is 0 Å². The SMILES string of the molecule is COCC(COC)[Se]CC(CO)OC. The maximum absolute atomic E-state index is 8.92. The molecule has 0 heterocycles. The Labute approximate surface area is 92.1 Å². The number of hydrogen-bond donors (Lipinski definition) is 1. The van der Waals surface area contributed by atoms with E-state index < -0.39 is 0 Å². The second-order valence-corrected chi connectivity index (χ2v) is 5.70. The normalized spacial score (nSPS) is 13.5. The molecule has 0 rings (SSSR count). The summed E-state index contributed by atoms with van der Waals surface area (Å²) in [7, 11) is 5.01. The minimum absolute atomic E-state index is 0.0359. The van der Waals surface area contributed by atoms with E-state index in [2.05, 4.69) is 0 Å². The molecule has 0 aromatic heterocycles. The van der Waals surface area contributed by atoms with Crippen LogP contribution >= 0.6 is 0 Å². The van der Waals surface area contributed by atoms with Gasteiger partial charge < -0.3 is 0 Å². The molecule has 0 aromatic rings. The molecule has 0 saturated heterocycles. The quantitative estimate of drug-likeness (QED) is 0.609. The third-order valence-corrected chi connectivity index (χ3v) is 4.50. The minimum atomic E-state index is -0.0359. The second-order valence-electron chi connectivity index (χ2n) is 2.91. The molecule has 0 fully saturated rings. The molecule has 0 aliphatic heterocycles. The molecule has 1 N–H and O–H groups in total. The van der Waals surface area contributed by atoms with Gasteiger partial charge in [0.25, 0.3) is 0 Å². The molecule has 0 amide bonds. The number of hydrogen-bond acceptors (Lipinski definition) is 4. The van der Waals surface area contributed by atoms with Gasteiger partial charge in [-0.25, -0.2) is 0 Å². The van der Waals surface area contributed by atoms with Crippen LogP contribution in [0.3, 0.4) is 0 Å². The van der Waals surface area contributed by atoms with E-state index >= 15 is 0 Å². The van der Waals surface area contributed by atoms with Crippen LogP contribution in [0.1, 0.15) is 0 Å². The molecule has 0 aliphatic rings. The first-order chi connectivity index (χ1) is 6.78. The van der Waals surface area contributed by atoms with Crippen molar-refractivity contribution in [2.45, 2.75) is 16.2 Å². The van der Waals surface area contributed by atoms with Crippen LogP contribution in [0.25, 0.3) is 0 Å². The van der Waals surface area contributed by atoms with Crippen molar-refractivity contribution in [2.75, 3.05) is 41.2 Å². The zero-order chi connectivity index (χ0) is 10.8. The number of aliphatic hydroxyl groups is 1. The Morgan fingerprint density at radius 3 is 2.07 bits per heavy atom. The van der Waals surface area contributed by atoms with Crippen LogP contribution in [0, 0.1) is 0 Å². The average Bonchev–Trinajstić information content (AvgIpc) is 2.20. The monoisotopic (exact) mass is 272 g/mol. The third kappa shape index (κ3) is 6.76. The average molecular weight is 271 g/mol. The van der Waals surface area contributed by atoms with Gasteiger partial charge >= 0.3 is 91.7 Å². The second kappa shape index (κ2) is 9.90. The van der Waals surface area contributed by atoms with Crippen LogP contribution < -0.4 is 0 Å². The molecule has 0 aliphatic carbocycles. The predicted molar refractivity (Wildman–Crippen MR) is 55.9 cm³/mol. The van der Waals surface area contributed by atoms with Gasteiger partial charge in [0.2, 0.25) is 0 Å². The van der Waals surface area contributed by atoms with Gasteiger partial charge in [0.05, 0.1) is 0 Å². The number of ether oxygens (including phenoxy) is 3. The maximum atomic E-state index is 8.92. The topological polar surface area (TPSA) is 47.9 Å². The zero-order valence-corrected chi connectivity index (χ0v) is 10.8. The van der Waals surface area contributed by atoms with E-state index in [4.69, 9.17) is 19.3 Å². The molecule has 5 heteroatoms. The molecular formula is C9H20O4Se. The van der Waals surface area contributed by atoms with E-state index in [-0.39, 0.29) is 12.7 Å². The summed E-state index contributed by atoms with van der Waals surface area (Å²) in [5.74, 6) is 0. The summed E-state index contributed by atoms with van der Waals surface area (Å²) >= 11 is 0.384. The first kappa shape index (κ1) is 14.4. The molecule has 0 spiro atoms. The molecule has 0 radical (unpaired) electrons. The summed E-state index contributed by atoms with van der Waals surface area (Å²) in [6, 6.07) is 0. The van der Waals surface area contributed by atoms with E-state index in [1.165, 1.54) is 0 Å². The number of aliphatic hydroxyl groups excluding tert-OH is 1. The summed E-state index contributed by atoms with van der Waals surface area (Å²) in [4.78, 5) is 0.446.